The summed E-state index contributed by atoms with van der Waals surface area (Å²) in [6, 6.07) is 13.1. The van der Waals surface area contributed by atoms with Crippen LogP contribution in [0.2, 0.25) is 0 Å². The molecule has 29 heavy (non-hydrogen) atoms. The smallest absolute Gasteiger partial charge is 0.324 e. The molecular weight excluding hydrogens is 368 g/mol. The van der Waals surface area contributed by atoms with Crippen LogP contribution in [0.25, 0.3) is 0 Å². The molecule has 5 nitrogen and oxygen atoms in total. The SMILES string of the molecule is CCCC[C@]1(O)Cc2cc(OC)cc(OC)c2[C@]1(C(=O)OCC)c1ccccc1. The number of carbonyl (C=O) groups excluding carboxylic acids is 1. The summed E-state index contributed by atoms with van der Waals surface area (Å²) in [5, 5.41) is 12.1. The van der Waals surface area contributed by atoms with Crippen molar-refractivity contribution in [1.29, 1.82) is 0 Å². The number of ether oxygens (including phenoxy) is 3. The van der Waals surface area contributed by atoms with E-state index in [0.29, 0.717) is 35.5 Å². The summed E-state index contributed by atoms with van der Waals surface area (Å²) >= 11 is 0. The zero-order chi connectivity index (χ0) is 21.1. The van der Waals surface area contributed by atoms with Gasteiger partial charge in [0.2, 0.25) is 0 Å². The normalized spacial score (nSPS) is 22.8. The highest BCUT2D eigenvalue weighted by molar-refractivity contribution is 5.93. The number of rotatable bonds is 8. The van der Waals surface area contributed by atoms with Gasteiger partial charge in [-0.3, -0.25) is 4.79 Å². The first-order chi connectivity index (χ1) is 14.0. The number of fused-ring (bicyclic) bond motifs is 1. The molecule has 2 aromatic rings. The molecule has 0 aromatic heterocycles. The van der Waals surface area contributed by atoms with Crippen LogP contribution in [0.3, 0.4) is 0 Å². The molecule has 0 fully saturated rings. The Morgan fingerprint density at radius 1 is 1.10 bits per heavy atom. The fourth-order valence-electron chi connectivity index (χ4n) is 4.66. The molecule has 2 atom stereocenters. The van der Waals surface area contributed by atoms with Gasteiger partial charge in [-0.15, -0.1) is 0 Å². The van der Waals surface area contributed by atoms with Crippen molar-refractivity contribution in [3.05, 3.63) is 59.2 Å². The first-order valence-electron chi connectivity index (χ1n) is 10.2. The summed E-state index contributed by atoms with van der Waals surface area (Å²) in [7, 11) is 3.16. The van der Waals surface area contributed by atoms with Crippen molar-refractivity contribution in [2.75, 3.05) is 20.8 Å². The van der Waals surface area contributed by atoms with Gasteiger partial charge < -0.3 is 19.3 Å². The Labute approximate surface area is 172 Å². The Morgan fingerprint density at radius 3 is 2.41 bits per heavy atom. The van der Waals surface area contributed by atoms with Crippen molar-refractivity contribution in [2.24, 2.45) is 0 Å². The van der Waals surface area contributed by atoms with Gasteiger partial charge in [0.25, 0.3) is 0 Å². The molecule has 0 radical (unpaired) electrons. The van der Waals surface area contributed by atoms with Crippen molar-refractivity contribution in [1.82, 2.24) is 0 Å². The maximum atomic E-state index is 13.7. The molecule has 0 spiro atoms. The molecule has 0 bridgehead atoms. The molecule has 0 amide bonds. The quantitative estimate of drug-likeness (QED) is 0.680. The minimum Gasteiger partial charge on any atom is -0.497 e. The van der Waals surface area contributed by atoms with E-state index in [1.54, 1.807) is 27.2 Å². The highest BCUT2D eigenvalue weighted by atomic mass is 16.5. The summed E-state index contributed by atoms with van der Waals surface area (Å²) in [4.78, 5) is 13.7. The molecule has 5 heteroatoms. The number of hydrogen-bond acceptors (Lipinski definition) is 5. The Morgan fingerprint density at radius 2 is 1.83 bits per heavy atom. The zero-order valence-electron chi connectivity index (χ0n) is 17.7. The van der Waals surface area contributed by atoms with Gasteiger partial charge in [0.05, 0.1) is 26.4 Å². The minimum atomic E-state index is -1.37. The molecule has 0 saturated carbocycles. The fourth-order valence-corrected chi connectivity index (χ4v) is 4.66. The van der Waals surface area contributed by atoms with Crippen LogP contribution in [0.5, 0.6) is 11.5 Å². The molecule has 0 aliphatic heterocycles. The van der Waals surface area contributed by atoms with Crippen LogP contribution in [0, 0.1) is 0 Å². The van der Waals surface area contributed by atoms with E-state index in [4.69, 9.17) is 14.2 Å². The molecule has 0 unspecified atom stereocenters. The van der Waals surface area contributed by atoms with E-state index in [0.717, 1.165) is 18.4 Å². The van der Waals surface area contributed by atoms with Crippen LogP contribution >= 0.6 is 0 Å². The summed E-state index contributed by atoms with van der Waals surface area (Å²) < 4.78 is 16.7. The summed E-state index contributed by atoms with van der Waals surface area (Å²) in [5.41, 5.74) is -0.481. The average molecular weight is 398 g/mol. The Kier molecular flexibility index (Phi) is 6.18. The van der Waals surface area contributed by atoms with Crippen LogP contribution in [-0.2, 0) is 21.4 Å². The maximum absolute atomic E-state index is 13.7. The van der Waals surface area contributed by atoms with Gasteiger partial charge in [-0.2, -0.15) is 0 Å². The van der Waals surface area contributed by atoms with Gasteiger partial charge in [0.1, 0.15) is 11.5 Å². The monoisotopic (exact) mass is 398 g/mol. The summed E-state index contributed by atoms with van der Waals surface area (Å²) in [6.45, 7) is 4.08. The molecule has 2 aromatic carbocycles. The minimum absolute atomic E-state index is 0.227. The third-order valence-corrected chi connectivity index (χ3v) is 5.90. The molecule has 156 valence electrons. The lowest BCUT2D eigenvalue weighted by atomic mass is 9.64. The maximum Gasteiger partial charge on any atom is 0.324 e. The van der Waals surface area contributed by atoms with E-state index in [2.05, 4.69) is 6.92 Å². The van der Waals surface area contributed by atoms with Gasteiger partial charge in [-0.05, 0) is 30.5 Å². The molecule has 1 N–H and O–H groups in total. The summed E-state index contributed by atoms with van der Waals surface area (Å²) in [6.07, 6.45) is 2.49. The Hall–Kier alpha value is -2.53. The van der Waals surface area contributed by atoms with Crippen molar-refractivity contribution < 1.29 is 24.1 Å². The van der Waals surface area contributed by atoms with Gasteiger partial charge in [-0.1, -0.05) is 50.1 Å². The molecule has 3 rings (SSSR count). The first-order valence-corrected chi connectivity index (χ1v) is 10.2. The molecule has 1 aliphatic carbocycles. The van der Waals surface area contributed by atoms with Crippen molar-refractivity contribution >= 4 is 5.97 Å². The lowest BCUT2D eigenvalue weighted by molar-refractivity contribution is -0.158. The number of hydrogen-bond donors (Lipinski definition) is 1. The molecular formula is C24H30O5. The highest BCUT2D eigenvalue weighted by Gasteiger charge is 2.64. The average Bonchev–Trinajstić information content (AvgIpc) is 3.01. The van der Waals surface area contributed by atoms with Crippen LogP contribution in [0.4, 0.5) is 0 Å². The van der Waals surface area contributed by atoms with Gasteiger partial charge in [0, 0.05) is 18.1 Å². The topological polar surface area (TPSA) is 65.0 Å². The van der Waals surface area contributed by atoms with E-state index < -0.39 is 17.0 Å². The van der Waals surface area contributed by atoms with Crippen molar-refractivity contribution in [3.8, 4) is 11.5 Å². The van der Waals surface area contributed by atoms with Gasteiger partial charge in [-0.25, -0.2) is 0 Å². The second-order valence-corrected chi connectivity index (χ2v) is 7.51. The molecule has 1 aliphatic rings. The fraction of sp³-hybridized carbons (Fsp3) is 0.458. The summed E-state index contributed by atoms with van der Waals surface area (Å²) in [5.74, 6) is 0.696. The lowest BCUT2D eigenvalue weighted by Crippen LogP contribution is -2.55. The number of benzene rings is 2. The van der Waals surface area contributed by atoms with Gasteiger partial charge in [0.15, 0.2) is 5.41 Å². The van der Waals surface area contributed by atoms with E-state index in [1.165, 1.54) is 0 Å². The van der Waals surface area contributed by atoms with Crippen molar-refractivity contribution in [2.45, 2.75) is 50.5 Å². The number of unbranched alkanes of at least 4 members (excludes halogenated alkanes) is 1. The number of methoxy groups -OCH3 is 2. The third-order valence-electron chi connectivity index (χ3n) is 5.90. The highest BCUT2D eigenvalue weighted by Crippen LogP contribution is 2.57. The predicted molar refractivity (Wildman–Crippen MR) is 112 cm³/mol. The second-order valence-electron chi connectivity index (χ2n) is 7.51. The lowest BCUT2D eigenvalue weighted by Gasteiger charge is -2.41. The number of esters is 1. The van der Waals surface area contributed by atoms with E-state index in [9.17, 15) is 9.90 Å². The predicted octanol–water partition coefficient (Wildman–Crippen LogP) is 4.03. The standard InChI is InChI=1S/C24H30O5/c1-5-7-13-23(26)16-17-14-19(27-3)15-20(28-4)21(17)24(23,22(25)29-6-2)18-11-9-8-10-12-18/h8-12,14-15,26H,5-7,13,16H2,1-4H3/t23-,24-/m0/s1. The zero-order valence-corrected chi connectivity index (χ0v) is 17.7. The van der Waals surface area contributed by atoms with Crippen molar-refractivity contribution in [3.63, 3.8) is 0 Å². The van der Waals surface area contributed by atoms with Gasteiger partial charge >= 0.3 is 5.97 Å². The Balaban J connectivity index is 2.39. The second kappa shape index (κ2) is 8.46. The van der Waals surface area contributed by atoms with E-state index in [1.807, 2.05) is 36.4 Å². The molecule has 0 heterocycles. The molecule has 0 saturated heterocycles. The van der Waals surface area contributed by atoms with Crippen LogP contribution in [0.15, 0.2) is 42.5 Å². The Bertz CT molecular complexity index is 863. The van der Waals surface area contributed by atoms with E-state index >= 15 is 0 Å². The van der Waals surface area contributed by atoms with Crippen LogP contribution in [-0.4, -0.2) is 37.5 Å². The number of carbonyl (C=O) groups is 1. The van der Waals surface area contributed by atoms with E-state index in [-0.39, 0.29) is 6.61 Å². The largest absolute Gasteiger partial charge is 0.497 e. The number of aliphatic hydroxyl groups is 1. The third kappa shape index (κ3) is 3.27. The first kappa shape index (κ1) is 21.2. The van der Waals surface area contributed by atoms with Crippen LogP contribution in [0.1, 0.15) is 49.8 Å². The van der Waals surface area contributed by atoms with Crippen LogP contribution < -0.4 is 9.47 Å².